The molecule has 2 aromatic carbocycles. The van der Waals surface area contributed by atoms with Crippen LogP contribution in [0.5, 0.6) is 0 Å². The number of amides is 1. The Morgan fingerprint density at radius 2 is 2.04 bits per heavy atom. The fraction of sp³-hybridized carbons (Fsp3) is 0.167. The number of benzene rings is 2. The Labute approximate surface area is 148 Å². The lowest BCUT2D eigenvalue weighted by atomic mass is 10.2. The SMILES string of the molecule is O=C(CCc1nc(-c2cccc(Cl)c2)no1)NCc1ccccc1F. The molecule has 25 heavy (non-hydrogen) atoms. The molecule has 3 aromatic rings. The van der Waals surface area contributed by atoms with E-state index in [1.807, 2.05) is 6.07 Å². The first-order valence-electron chi connectivity index (χ1n) is 7.70. The molecular weight excluding hydrogens is 345 g/mol. The summed E-state index contributed by atoms with van der Waals surface area (Å²) in [5, 5.41) is 7.13. The lowest BCUT2D eigenvalue weighted by Gasteiger charge is -2.05. The van der Waals surface area contributed by atoms with Gasteiger partial charge in [-0.1, -0.05) is 47.1 Å². The van der Waals surface area contributed by atoms with Crippen LogP contribution in [0.3, 0.4) is 0 Å². The third kappa shape index (κ3) is 4.64. The van der Waals surface area contributed by atoms with Crippen molar-refractivity contribution in [2.24, 2.45) is 0 Å². The van der Waals surface area contributed by atoms with Crippen molar-refractivity contribution in [1.29, 1.82) is 0 Å². The van der Waals surface area contributed by atoms with E-state index in [1.165, 1.54) is 6.07 Å². The Morgan fingerprint density at radius 3 is 2.84 bits per heavy atom. The quantitative estimate of drug-likeness (QED) is 0.727. The molecule has 0 saturated heterocycles. The molecule has 1 aromatic heterocycles. The monoisotopic (exact) mass is 359 g/mol. The molecule has 0 bridgehead atoms. The average Bonchev–Trinajstić information content (AvgIpc) is 3.08. The molecule has 5 nitrogen and oxygen atoms in total. The van der Waals surface area contributed by atoms with Crippen LogP contribution in [0.1, 0.15) is 17.9 Å². The van der Waals surface area contributed by atoms with E-state index in [-0.39, 0.29) is 24.7 Å². The fourth-order valence-corrected chi connectivity index (χ4v) is 2.44. The van der Waals surface area contributed by atoms with Crippen molar-refractivity contribution in [3.63, 3.8) is 0 Å². The third-order valence-corrected chi connectivity index (χ3v) is 3.79. The number of rotatable bonds is 6. The second kappa shape index (κ2) is 7.90. The van der Waals surface area contributed by atoms with Crippen LogP contribution in [-0.2, 0) is 17.8 Å². The van der Waals surface area contributed by atoms with Gasteiger partial charge in [0.15, 0.2) is 0 Å². The highest BCUT2D eigenvalue weighted by Gasteiger charge is 2.11. The van der Waals surface area contributed by atoms with E-state index in [2.05, 4.69) is 15.5 Å². The fourth-order valence-electron chi connectivity index (χ4n) is 2.25. The molecule has 1 N–H and O–H groups in total. The van der Waals surface area contributed by atoms with Crippen LogP contribution < -0.4 is 5.32 Å². The van der Waals surface area contributed by atoms with Gasteiger partial charge in [0.05, 0.1) is 0 Å². The highest BCUT2D eigenvalue weighted by Crippen LogP contribution is 2.20. The Hall–Kier alpha value is -2.73. The van der Waals surface area contributed by atoms with Crippen molar-refractivity contribution in [2.75, 3.05) is 0 Å². The maximum atomic E-state index is 13.5. The molecule has 1 amide bonds. The van der Waals surface area contributed by atoms with Crippen LogP contribution >= 0.6 is 11.6 Å². The van der Waals surface area contributed by atoms with Gasteiger partial charge in [0.2, 0.25) is 17.6 Å². The summed E-state index contributed by atoms with van der Waals surface area (Å²) in [6, 6.07) is 13.4. The van der Waals surface area contributed by atoms with Crippen molar-refractivity contribution >= 4 is 17.5 Å². The maximum absolute atomic E-state index is 13.5. The summed E-state index contributed by atoms with van der Waals surface area (Å²) in [6.07, 6.45) is 0.475. The number of nitrogens with one attached hydrogen (secondary N) is 1. The van der Waals surface area contributed by atoms with Crippen LogP contribution in [0, 0.1) is 5.82 Å². The minimum absolute atomic E-state index is 0.142. The number of nitrogens with zero attached hydrogens (tertiary/aromatic N) is 2. The van der Waals surface area contributed by atoms with Crippen molar-refractivity contribution in [3.05, 3.63) is 70.8 Å². The molecule has 0 aliphatic rings. The predicted molar refractivity (Wildman–Crippen MR) is 91.3 cm³/mol. The van der Waals surface area contributed by atoms with Crippen molar-refractivity contribution in [1.82, 2.24) is 15.5 Å². The number of hydrogen-bond acceptors (Lipinski definition) is 4. The van der Waals surface area contributed by atoms with E-state index in [0.717, 1.165) is 5.56 Å². The smallest absolute Gasteiger partial charge is 0.227 e. The van der Waals surface area contributed by atoms with Gasteiger partial charge in [-0.15, -0.1) is 0 Å². The van der Waals surface area contributed by atoms with Crippen molar-refractivity contribution in [2.45, 2.75) is 19.4 Å². The second-order valence-corrected chi connectivity index (χ2v) is 5.83. The predicted octanol–water partition coefficient (Wildman–Crippen LogP) is 3.78. The summed E-state index contributed by atoms with van der Waals surface area (Å²) in [7, 11) is 0. The van der Waals surface area contributed by atoms with Gasteiger partial charge in [-0.3, -0.25) is 4.79 Å². The molecule has 0 radical (unpaired) electrons. The Balaban J connectivity index is 1.52. The Bertz CT molecular complexity index is 882. The van der Waals surface area contributed by atoms with E-state index < -0.39 is 0 Å². The number of halogens is 2. The van der Waals surface area contributed by atoms with Crippen LogP contribution in [0.2, 0.25) is 5.02 Å². The molecular formula is C18H15ClFN3O2. The maximum Gasteiger partial charge on any atom is 0.227 e. The third-order valence-electron chi connectivity index (χ3n) is 3.55. The normalized spacial score (nSPS) is 10.6. The molecule has 128 valence electrons. The number of carbonyl (C=O) groups is 1. The summed E-state index contributed by atoms with van der Waals surface area (Å²) in [5.41, 5.74) is 1.18. The minimum Gasteiger partial charge on any atom is -0.352 e. The zero-order chi connectivity index (χ0) is 17.6. The number of hydrogen-bond donors (Lipinski definition) is 1. The summed E-state index contributed by atoms with van der Waals surface area (Å²) in [4.78, 5) is 16.1. The number of aryl methyl sites for hydroxylation is 1. The highest BCUT2D eigenvalue weighted by atomic mass is 35.5. The van der Waals surface area contributed by atoms with E-state index in [4.69, 9.17) is 16.1 Å². The van der Waals surface area contributed by atoms with Crippen LogP contribution in [0.15, 0.2) is 53.1 Å². The first-order valence-corrected chi connectivity index (χ1v) is 8.08. The van der Waals surface area contributed by atoms with E-state index in [1.54, 1.807) is 36.4 Å². The highest BCUT2D eigenvalue weighted by molar-refractivity contribution is 6.30. The van der Waals surface area contributed by atoms with Crippen LogP contribution in [-0.4, -0.2) is 16.0 Å². The lowest BCUT2D eigenvalue weighted by molar-refractivity contribution is -0.121. The van der Waals surface area contributed by atoms with Gasteiger partial charge in [-0.25, -0.2) is 4.39 Å². The zero-order valence-corrected chi connectivity index (χ0v) is 14.0. The molecule has 0 spiro atoms. The molecule has 0 aliphatic heterocycles. The Morgan fingerprint density at radius 1 is 1.20 bits per heavy atom. The van der Waals surface area contributed by atoms with Gasteiger partial charge in [0, 0.05) is 35.5 Å². The molecule has 0 fully saturated rings. The van der Waals surface area contributed by atoms with Gasteiger partial charge in [0.25, 0.3) is 0 Å². The minimum atomic E-state index is -0.342. The van der Waals surface area contributed by atoms with E-state index in [9.17, 15) is 9.18 Å². The second-order valence-electron chi connectivity index (χ2n) is 5.39. The first-order chi connectivity index (χ1) is 12.1. The molecule has 1 heterocycles. The zero-order valence-electron chi connectivity index (χ0n) is 13.2. The van der Waals surface area contributed by atoms with Gasteiger partial charge < -0.3 is 9.84 Å². The first kappa shape index (κ1) is 17.1. The van der Waals surface area contributed by atoms with Gasteiger partial charge in [-0.05, 0) is 18.2 Å². The average molecular weight is 360 g/mol. The lowest BCUT2D eigenvalue weighted by Crippen LogP contribution is -2.23. The topological polar surface area (TPSA) is 68.0 Å². The standard InChI is InChI=1S/C18H15ClFN3O2/c19-14-6-3-5-12(10-14)18-22-17(25-23-18)9-8-16(24)21-11-13-4-1-2-7-15(13)20/h1-7,10H,8-9,11H2,(H,21,24). The van der Waals surface area contributed by atoms with Crippen molar-refractivity contribution < 1.29 is 13.7 Å². The summed E-state index contributed by atoms with van der Waals surface area (Å²) in [5.74, 6) is 0.219. The molecule has 0 aliphatic carbocycles. The largest absolute Gasteiger partial charge is 0.352 e. The molecule has 0 saturated carbocycles. The van der Waals surface area contributed by atoms with Gasteiger partial charge in [0.1, 0.15) is 5.82 Å². The van der Waals surface area contributed by atoms with E-state index >= 15 is 0 Å². The molecule has 0 atom stereocenters. The number of aromatic nitrogens is 2. The summed E-state index contributed by atoms with van der Waals surface area (Å²) < 4.78 is 18.6. The number of carbonyl (C=O) groups excluding carboxylic acids is 1. The Kier molecular flexibility index (Phi) is 5.40. The summed E-state index contributed by atoms with van der Waals surface area (Å²) >= 11 is 5.93. The molecule has 3 rings (SSSR count). The van der Waals surface area contributed by atoms with Gasteiger partial charge in [-0.2, -0.15) is 4.98 Å². The summed E-state index contributed by atoms with van der Waals surface area (Å²) in [6.45, 7) is 0.142. The van der Waals surface area contributed by atoms with Crippen LogP contribution in [0.4, 0.5) is 4.39 Å². The van der Waals surface area contributed by atoms with Gasteiger partial charge >= 0.3 is 0 Å². The molecule has 0 unspecified atom stereocenters. The van der Waals surface area contributed by atoms with Crippen LogP contribution in [0.25, 0.3) is 11.4 Å². The van der Waals surface area contributed by atoms with E-state index in [0.29, 0.717) is 28.7 Å². The van der Waals surface area contributed by atoms with Crippen molar-refractivity contribution in [3.8, 4) is 11.4 Å². The molecule has 7 heteroatoms.